The fourth-order valence-electron chi connectivity index (χ4n) is 3.80. The second kappa shape index (κ2) is 24.9. The van der Waals surface area contributed by atoms with Gasteiger partial charge in [-0.25, -0.2) is 0 Å². The van der Waals surface area contributed by atoms with Crippen molar-refractivity contribution in [3.63, 3.8) is 0 Å². The van der Waals surface area contributed by atoms with Crippen LogP contribution in [-0.4, -0.2) is 52.9 Å². The zero-order valence-corrected chi connectivity index (χ0v) is 23.4. The van der Waals surface area contributed by atoms with Crippen molar-refractivity contribution in [1.82, 2.24) is 0 Å². The maximum absolute atomic E-state index is 5.75. The molecule has 0 saturated carbocycles. The molecule has 2 atom stereocenters. The zero-order chi connectivity index (χ0) is 24.6. The van der Waals surface area contributed by atoms with Crippen LogP contribution in [-0.2, 0) is 18.9 Å². The van der Waals surface area contributed by atoms with Gasteiger partial charge in [0, 0.05) is 52.9 Å². The van der Waals surface area contributed by atoms with Crippen LogP contribution in [0.3, 0.4) is 0 Å². The summed E-state index contributed by atoms with van der Waals surface area (Å²) in [6, 6.07) is 0. The highest BCUT2D eigenvalue weighted by Crippen LogP contribution is 2.16. The lowest BCUT2D eigenvalue weighted by atomic mass is 9.98. The van der Waals surface area contributed by atoms with Gasteiger partial charge in [-0.15, -0.1) is 0 Å². The molecule has 0 aliphatic rings. The Bertz CT molecular complexity index is 339. The summed E-state index contributed by atoms with van der Waals surface area (Å²) >= 11 is 0. The van der Waals surface area contributed by atoms with E-state index in [2.05, 4.69) is 41.5 Å². The van der Waals surface area contributed by atoms with Crippen molar-refractivity contribution in [3.05, 3.63) is 0 Å². The Kier molecular flexibility index (Phi) is 24.8. The molecule has 200 valence electrons. The standard InChI is InChI=1S/C29H60O4/c1-26(2)12-7-14-28(5)16-24-32-22-10-20-30-18-9-19-31-21-11-23-33-25-17-29(6)15-8-13-27(3)4/h26-29H,7-25H2,1-6H3. The first-order chi connectivity index (χ1) is 15.9. The number of ether oxygens (including phenoxy) is 4. The highest BCUT2D eigenvalue weighted by molar-refractivity contribution is 4.56. The van der Waals surface area contributed by atoms with Crippen molar-refractivity contribution >= 4 is 0 Å². The molecule has 0 saturated heterocycles. The highest BCUT2D eigenvalue weighted by atomic mass is 16.5. The third kappa shape index (κ3) is 28.0. The Morgan fingerprint density at radius 2 is 0.636 bits per heavy atom. The van der Waals surface area contributed by atoms with Crippen molar-refractivity contribution in [3.8, 4) is 0 Å². The Morgan fingerprint density at radius 3 is 0.939 bits per heavy atom. The van der Waals surface area contributed by atoms with Crippen LogP contribution in [0.5, 0.6) is 0 Å². The van der Waals surface area contributed by atoms with Crippen LogP contribution < -0.4 is 0 Å². The van der Waals surface area contributed by atoms with Crippen molar-refractivity contribution in [1.29, 1.82) is 0 Å². The lowest BCUT2D eigenvalue weighted by molar-refractivity contribution is 0.0514. The van der Waals surface area contributed by atoms with Crippen LogP contribution in [0, 0.1) is 23.7 Å². The average Bonchev–Trinajstić information content (AvgIpc) is 2.75. The molecule has 0 heterocycles. The summed E-state index contributed by atoms with van der Waals surface area (Å²) in [5.41, 5.74) is 0. The van der Waals surface area contributed by atoms with E-state index in [0.29, 0.717) is 0 Å². The Morgan fingerprint density at radius 1 is 0.333 bits per heavy atom. The van der Waals surface area contributed by atoms with Gasteiger partial charge in [-0.05, 0) is 55.8 Å². The summed E-state index contributed by atoms with van der Waals surface area (Å²) < 4.78 is 22.9. The predicted octanol–water partition coefficient (Wildman–Crippen LogP) is 7.93. The van der Waals surface area contributed by atoms with Crippen LogP contribution in [0.1, 0.15) is 112 Å². The maximum atomic E-state index is 5.75. The lowest BCUT2D eigenvalue weighted by Crippen LogP contribution is -2.08. The lowest BCUT2D eigenvalue weighted by Gasteiger charge is -2.12. The highest BCUT2D eigenvalue weighted by Gasteiger charge is 2.04. The number of hydrogen-bond donors (Lipinski definition) is 0. The van der Waals surface area contributed by atoms with E-state index in [9.17, 15) is 0 Å². The molecule has 0 N–H and O–H groups in total. The van der Waals surface area contributed by atoms with Gasteiger partial charge < -0.3 is 18.9 Å². The van der Waals surface area contributed by atoms with Gasteiger partial charge in [-0.3, -0.25) is 0 Å². The van der Waals surface area contributed by atoms with E-state index in [-0.39, 0.29) is 0 Å². The van der Waals surface area contributed by atoms with Crippen molar-refractivity contribution in [2.24, 2.45) is 23.7 Å². The molecular weight excluding hydrogens is 412 g/mol. The van der Waals surface area contributed by atoms with Gasteiger partial charge in [0.1, 0.15) is 0 Å². The topological polar surface area (TPSA) is 36.9 Å². The van der Waals surface area contributed by atoms with Gasteiger partial charge in [-0.2, -0.15) is 0 Å². The fraction of sp³-hybridized carbons (Fsp3) is 1.00. The molecule has 4 heteroatoms. The summed E-state index contributed by atoms with van der Waals surface area (Å²) in [5, 5.41) is 0. The molecule has 0 spiro atoms. The summed E-state index contributed by atoms with van der Waals surface area (Å²) in [4.78, 5) is 0. The summed E-state index contributed by atoms with van der Waals surface area (Å²) in [6.07, 6.45) is 13.3. The van der Waals surface area contributed by atoms with Crippen LogP contribution >= 0.6 is 0 Å². The van der Waals surface area contributed by atoms with Gasteiger partial charge >= 0.3 is 0 Å². The SMILES string of the molecule is CC(C)CCCC(C)CCOCCCOCCCOCCCOCCC(C)CCCC(C)C. The van der Waals surface area contributed by atoms with Crippen molar-refractivity contribution in [2.75, 3.05) is 52.9 Å². The quantitative estimate of drug-likeness (QED) is 0.120. The molecule has 0 fully saturated rings. The molecule has 0 radical (unpaired) electrons. The molecule has 0 aromatic rings. The third-order valence-corrected chi connectivity index (χ3v) is 6.20. The first-order valence-corrected chi connectivity index (χ1v) is 14.2. The van der Waals surface area contributed by atoms with E-state index >= 15 is 0 Å². The molecule has 2 unspecified atom stereocenters. The predicted molar refractivity (Wildman–Crippen MR) is 142 cm³/mol. The van der Waals surface area contributed by atoms with Crippen LogP contribution in [0.25, 0.3) is 0 Å². The second-order valence-electron chi connectivity index (χ2n) is 10.9. The minimum atomic E-state index is 0.776. The largest absolute Gasteiger partial charge is 0.381 e. The Balaban J connectivity index is 3.17. The molecule has 0 bridgehead atoms. The minimum Gasteiger partial charge on any atom is -0.381 e. The van der Waals surface area contributed by atoms with Gasteiger partial charge in [0.2, 0.25) is 0 Å². The second-order valence-corrected chi connectivity index (χ2v) is 10.9. The van der Waals surface area contributed by atoms with Gasteiger partial charge in [0.05, 0.1) is 0 Å². The van der Waals surface area contributed by atoms with E-state index in [1.807, 2.05) is 0 Å². The zero-order valence-electron chi connectivity index (χ0n) is 23.4. The third-order valence-electron chi connectivity index (χ3n) is 6.20. The molecule has 33 heavy (non-hydrogen) atoms. The van der Waals surface area contributed by atoms with Gasteiger partial charge in [0.15, 0.2) is 0 Å². The molecule has 0 aliphatic heterocycles. The van der Waals surface area contributed by atoms with Gasteiger partial charge in [-0.1, -0.05) is 80.1 Å². The summed E-state index contributed by atoms with van der Waals surface area (Å²) in [7, 11) is 0. The Hall–Kier alpha value is -0.160. The summed E-state index contributed by atoms with van der Waals surface area (Å²) in [5.74, 6) is 3.21. The van der Waals surface area contributed by atoms with Crippen LogP contribution in [0.4, 0.5) is 0 Å². The number of hydrogen-bond acceptors (Lipinski definition) is 4. The van der Waals surface area contributed by atoms with Crippen LogP contribution in [0.15, 0.2) is 0 Å². The minimum absolute atomic E-state index is 0.776. The van der Waals surface area contributed by atoms with E-state index in [1.165, 1.54) is 51.4 Å². The smallest absolute Gasteiger partial charge is 0.0488 e. The monoisotopic (exact) mass is 472 g/mol. The van der Waals surface area contributed by atoms with E-state index in [4.69, 9.17) is 18.9 Å². The molecular formula is C29H60O4. The molecule has 0 amide bonds. The average molecular weight is 473 g/mol. The molecule has 0 aliphatic carbocycles. The summed E-state index contributed by atoms with van der Waals surface area (Å²) in [6.45, 7) is 20.4. The van der Waals surface area contributed by atoms with E-state index < -0.39 is 0 Å². The fourth-order valence-corrected chi connectivity index (χ4v) is 3.80. The van der Waals surface area contributed by atoms with Crippen LogP contribution in [0.2, 0.25) is 0 Å². The molecule has 0 aromatic heterocycles. The first kappa shape index (κ1) is 32.8. The maximum Gasteiger partial charge on any atom is 0.0488 e. The Labute approximate surface area is 207 Å². The first-order valence-electron chi connectivity index (χ1n) is 14.2. The van der Waals surface area contributed by atoms with Gasteiger partial charge in [0.25, 0.3) is 0 Å². The molecule has 4 nitrogen and oxygen atoms in total. The van der Waals surface area contributed by atoms with E-state index in [0.717, 1.165) is 95.8 Å². The normalized spacial score (nSPS) is 13.8. The van der Waals surface area contributed by atoms with Crippen molar-refractivity contribution < 1.29 is 18.9 Å². The number of rotatable bonds is 26. The van der Waals surface area contributed by atoms with Crippen molar-refractivity contribution in [2.45, 2.75) is 112 Å². The molecule has 0 aromatic carbocycles. The van der Waals surface area contributed by atoms with E-state index in [1.54, 1.807) is 0 Å². The molecule has 0 rings (SSSR count).